The third-order valence-corrected chi connectivity index (χ3v) is 4.11. The normalized spacial score (nSPS) is 13.2. The van der Waals surface area contributed by atoms with Gasteiger partial charge in [0.15, 0.2) is 0 Å². The number of benzene rings is 2. The molecule has 0 spiro atoms. The van der Waals surface area contributed by atoms with Crippen LogP contribution in [0, 0.1) is 20.8 Å². The second kappa shape index (κ2) is 7.31. The van der Waals surface area contributed by atoms with Crippen molar-refractivity contribution in [2.24, 2.45) is 0 Å². The van der Waals surface area contributed by atoms with Crippen LogP contribution in [-0.4, -0.2) is 11.5 Å². The Morgan fingerprint density at radius 1 is 0.958 bits per heavy atom. The molecule has 0 saturated heterocycles. The Labute approximate surface area is 146 Å². The van der Waals surface area contributed by atoms with Crippen LogP contribution in [0.5, 0.6) is 0 Å². The van der Waals surface area contributed by atoms with Crippen LogP contribution < -0.4 is 0 Å². The third kappa shape index (κ3) is 4.54. The van der Waals surface area contributed by atoms with Crippen LogP contribution in [0.25, 0.3) is 6.08 Å². The molecule has 0 aliphatic heterocycles. The lowest BCUT2D eigenvalue weighted by atomic mass is 9.93. The molecule has 2 aromatic carbocycles. The average Bonchev–Trinajstić information content (AvgIpc) is 2.45. The second-order valence-corrected chi connectivity index (χ2v) is 6.27. The van der Waals surface area contributed by atoms with E-state index in [1.165, 1.54) is 12.2 Å². The second-order valence-electron chi connectivity index (χ2n) is 6.03. The van der Waals surface area contributed by atoms with E-state index in [9.17, 15) is 13.2 Å². The summed E-state index contributed by atoms with van der Waals surface area (Å²) in [4.78, 5) is 0. The summed E-state index contributed by atoms with van der Waals surface area (Å²) in [5.74, 6) is -1.62. The fraction of sp³-hybridized carbons (Fsp3) is 0.250. The highest BCUT2D eigenvalue weighted by Crippen LogP contribution is 2.37. The highest BCUT2D eigenvalue weighted by atomic mass is 32.1. The Morgan fingerprint density at radius 2 is 1.58 bits per heavy atom. The molecule has 0 bridgehead atoms. The molecule has 24 heavy (non-hydrogen) atoms. The van der Waals surface area contributed by atoms with Gasteiger partial charge < -0.3 is 0 Å². The number of hydrogen-bond acceptors (Lipinski definition) is 1. The molecule has 126 valence electrons. The topological polar surface area (TPSA) is 0 Å². The monoisotopic (exact) mass is 348 g/mol. The Bertz CT molecular complexity index is 753. The highest BCUT2D eigenvalue weighted by molar-refractivity contribution is 7.79. The Balaban J connectivity index is 2.39. The van der Waals surface area contributed by atoms with Crippen molar-refractivity contribution in [3.05, 3.63) is 75.9 Å². The first kappa shape index (κ1) is 18.4. The third-order valence-electron chi connectivity index (χ3n) is 3.86. The molecule has 0 fully saturated rings. The molecule has 0 aliphatic carbocycles. The quantitative estimate of drug-likeness (QED) is 0.583. The van der Waals surface area contributed by atoms with Crippen molar-refractivity contribution in [1.29, 1.82) is 0 Å². The van der Waals surface area contributed by atoms with Gasteiger partial charge in [-0.2, -0.15) is 13.2 Å². The lowest BCUT2D eigenvalue weighted by Crippen LogP contribution is -2.19. The minimum atomic E-state index is -4.33. The van der Waals surface area contributed by atoms with Gasteiger partial charge in [-0.15, -0.1) is 0 Å². The Hall–Kier alpha value is -1.94. The van der Waals surface area contributed by atoms with Gasteiger partial charge in [-0.3, -0.25) is 0 Å². The van der Waals surface area contributed by atoms with E-state index in [-0.39, 0.29) is 5.56 Å². The number of thiocarbonyl (C=S) groups is 1. The van der Waals surface area contributed by atoms with Gasteiger partial charge in [0.2, 0.25) is 0 Å². The number of halogens is 3. The van der Waals surface area contributed by atoms with E-state index in [1.54, 1.807) is 37.4 Å². The zero-order chi connectivity index (χ0) is 17.9. The van der Waals surface area contributed by atoms with Crippen molar-refractivity contribution in [2.45, 2.75) is 32.9 Å². The van der Waals surface area contributed by atoms with Crippen molar-refractivity contribution >= 4 is 23.7 Å². The predicted octanol–water partition coefficient (Wildman–Crippen LogP) is 6.32. The molecular weight excluding hydrogens is 329 g/mol. The Morgan fingerprint density at radius 3 is 2.08 bits per heavy atom. The molecule has 2 aromatic rings. The van der Waals surface area contributed by atoms with Crippen molar-refractivity contribution in [3.8, 4) is 0 Å². The van der Waals surface area contributed by atoms with Gasteiger partial charge in [-0.05, 0) is 43.0 Å². The van der Waals surface area contributed by atoms with Crippen LogP contribution in [0.1, 0.15) is 39.3 Å². The summed E-state index contributed by atoms with van der Waals surface area (Å²) < 4.78 is 40.5. The largest absolute Gasteiger partial charge is 0.399 e. The van der Waals surface area contributed by atoms with Crippen LogP contribution in [-0.2, 0) is 0 Å². The van der Waals surface area contributed by atoms with Crippen LogP contribution in [0.3, 0.4) is 0 Å². The van der Waals surface area contributed by atoms with E-state index in [0.717, 1.165) is 27.8 Å². The predicted molar refractivity (Wildman–Crippen MR) is 97.7 cm³/mol. The first-order valence-corrected chi connectivity index (χ1v) is 8.07. The zero-order valence-corrected chi connectivity index (χ0v) is 14.6. The SMILES string of the molecule is Cc1cc(C)cc(C(/C=C/c2ccc(C=S)c(C)c2)C(F)(F)F)c1. The molecule has 0 N–H and O–H groups in total. The molecule has 2 rings (SSSR count). The number of rotatable bonds is 4. The number of aryl methyl sites for hydroxylation is 3. The van der Waals surface area contributed by atoms with Crippen molar-refractivity contribution in [2.75, 3.05) is 0 Å². The van der Waals surface area contributed by atoms with Gasteiger partial charge >= 0.3 is 6.18 Å². The minimum Gasteiger partial charge on any atom is -0.170 e. The molecular formula is C20H19F3S. The van der Waals surface area contributed by atoms with Gasteiger partial charge in [0.1, 0.15) is 0 Å². The summed E-state index contributed by atoms with van der Waals surface area (Å²) >= 11 is 4.90. The van der Waals surface area contributed by atoms with E-state index in [4.69, 9.17) is 12.2 Å². The lowest BCUT2D eigenvalue weighted by molar-refractivity contribution is -0.139. The summed E-state index contributed by atoms with van der Waals surface area (Å²) in [6.07, 6.45) is -1.59. The van der Waals surface area contributed by atoms with Crippen LogP contribution in [0.15, 0.2) is 42.5 Å². The summed E-state index contributed by atoms with van der Waals surface area (Å²) in [7, 11) is 0. The Kier molecular flexibility index (Phi) is 5.60. The van der Waals surface area contributed by atoms with Crippen LogP contribution in [0.4, 0.5) is 13.2 Å². The van der Waals surface area contributed by atoms with E-state index in [0.29, 0.717) is 0 Å². The van der Waals surface area contributed by atoms with E-state index in [1.807, 2.05) is 25.1 Å². The van der Waals surface area contributed by atoms with Gasteiger partial charge in [-0.1, -0.05) is 71.9 Å². The maximum atomic E-state index is 13.5. The summed E-state index contributed by atoms with van der Waals surface area (Å²) in [5, 5.41) is 1.57. The minimum absolute atomic E-state index is 0.267. The molecule has 0 nitrogen and oxygen atoms in total. The van der Waals surface area contributed by atoms with Gasteiger partial charge in [0, 0.05) is 5.37 Å². The molecule has 4 heteroatoms. The van der Waals surface area contributed by atoms with Gasteiger partial charge in [0.25, 0.3) is 0 Å². The smallest absolute Gasteiger partial charge is 0.170 e. The van der Waals surface area contributed by atoms with E-state index in [2.05, 4.69) is 0 Å². The first-order chi connectivity index (χ1) is 11.2. The zero-order valence-electron chi connectivity index (χ0n) is 13.8. The maximum absolute atomic E-state index is 13.5. The first-order valence-electron chi connectivity index (χ1n) is 7.59. The molecule has 0 radical (unpaired) electrons. The number of alkyl halides is 3. The molecule has 1 unspecified atom stereocenters. The van der Waals surface area contributed by atoms with Crippen molar-refractivity contribution < 1.29 is 13.2 Å². The molecule has 0 amide bonds. The molecule has 0 aliphatic rings. The number of allylic oxidation sites excluding steroid dienone is 1. The molecule has 0 heterocycles. The average molecular weight is 348 g/mol. The summed E-state index contributed by atoms with van der Waals surface area (Å²) in [5.41, 5.74) is 4.50. The fourth-order valence-electron chi connectivity index (χ4n) is 2.74. The molecule has 0 aromatic heterocycles. The fourth-order valence-corrected chi connectivity index (χ4v) is 3.01. The van der Waals surface area contributed by atoms with Crippen LogP contribution >= 0.6 is 12.2 Å². The van der Waals surface area contributed by atoms with Crippen LogP contribution in [0.2, 0.25) is 0 Å². The summed E-state index contributed by atoms with van der Waals surface area (Å²) in [6, 6.07) is 10.5. The van der Waals surface area contributed by atoms with Gasteiger partial charge in [0.05, 0.1) is 5.92 Å². The standard InChI is InChI=1S/C20H19F3S/c1-13-8-14(2)10-18(9-13)19(20(21,22)23)7-5-16-4-6-17(12-24)15(3)11-16/h4-12,19H,1-3H3/b7-5+. The summed E-state index contributed by atoms with van der Waals surface area (Å²) in [6.45, 7) is 5.50. The number of hydrogen-bond donors (Lipinski definition) is 0. The van der Waals surface area contributed by atoms with E-state index < -0.39 is 12.1 Å². The van der Waals surface area contributed by atoms with Gasteiger partial charge in [-0.25, -0.2) is 0 Å². The van der Waals surface area contributed by atoms with E-state index >= 15 is 0 Å². The molecule has 1 atom stereocenters. The lowest BCUT2D eigenvalue weighted by Gasteiger charge is -2.18. The molecule has 0 saturated carbocycles. The van der Waals surface area contributed by atoms with Crippen molar-refractivity contribution in [1.82, 2.24) is 0 Å². The highest BCUT2D eigenvalue weighted by Gasteiger charge is 2.38. The maximum Gasteiger partial charge on any atom is 0.399 e. The van der Waals surface area contributed by atoms with Crippen molar-refractivity contribution in [3.63, 3.8) is 0 Å².